The minimum absolute atomic E-state index is 0.0461. The van der Waals surface area contributed by atoms with Gasteiger partial charge in [0.25, 0.3) is 5.91 Å². The molecule has 6 N–H and O–H groups in total. The molecule has 12 heteroatoms. The summed E-state index contributed by atoms with van der Waals surface area (Å²) >= 11 is 0. The highest BCUT2D eigenvalue weighted by molar-refractivity contribution is 7.89. The highest BCUT2D eigenvalue weighted by Crippen LogP contribution is 2.25. The summed E-state index contributed by atoms with van der Waals surface area (Å²) in [6.07, 6.45) is 0.253. The van der Waals surface area contributed by atoms with Gasteiger partial charge in [-0.2, -0.15) is 4.72 Å². The zero-order chi connectivity index (χ0) is 26.9. The predicted octanol–water partition coefficient (Wildman–Crippen LogP) is 1.52. The molecular weight excluding hydrogens is 486 g/mol. The lowest BCUT2D eigenvalue weighted by Crippen LogP contribution is -2.39. The fraction of sp³-hybridized carbons (Fsp3) is 0.333. The Kier molecular flexibility index (Phi) is 10.1. The Morgan fingerprint density at radius 3 is 2.28 bits per heavy atom. The van der Waals surface area contributed by atoms with Gasteiger partial charge in [0.1, 0.15) is 11.9 Å². The predicted molar refractivity (Wildman–Crippen MR) is 135 cm³/mol. The third-order valence-corrected chi connectivity index (χ3v) is 6.74. The number of sulfonamides is 1. The summed E-state index contributed by atoms with van der Waals surface area (Å²) in [5, 5.41) is 12.7. The fourth-order valence-corrected chi connectivity index (χ4v) is 4.84. The molecule has 0 spiro atoms. The van der Waals surface area contributed by atoms with Crippen molar-refractivity contribution in [2.24, 2.45) is 5.73 Å². The number of benzene rings is 2. The smallest absolute Gasteiger partial charge is 0.323 e. The monoisotopic (exact) mass is 517 g/mol. The maximum Gasteiger partial charge on any atom is 0.323 e. The number of hydrogen-bond acceptors (Lipinski definition) is 7. The van der Waals surface area contributed by atoms with Gasteiger partial charge < -0.3 is 21.1 Å². The van der Waals surface area contributed by atoms with Crippen LogP contribution in [0.15, 0.2) is 47.4 Å². The van der Waals surface area contributed by atoms with Crippen molar-refractivity contribution in [3.63, 3.8) is 0 Å². The maximum atomic E-state index is 12.9. The molecule has 1 atom stereocenters. The van der Waals surface area contributed by atoms with Crippen LogP contribution in [0.1, 0.15) is 48.7 Å². The number of amides is 2. The van der Waals surface area contributed by atoms with Gasteiger partial charge in [-0.15, -0.1) is 0 Å². The van der Waals surface area contributed by atoms with E-state index in [1.165, 1.54) is 31.2 Å². The van der Waals surface area contributed by atoms with Crippen LogP contribution in [0.5, 0.6) is 0 Å². The molecule has 0 bridgehead atoms. The van der Waals surface area contributed by atoms with E-state index >= 15 is 0 Å². The van der Waals surface area contributed by atoms with E-state index in [0.717, 1.165) is 0 Å². The Morgan fingerprint density at radius 2 is 1.69 bits per heavy atom. The molecule has 0 aliphatic rings. The van der Waals surface area contributed by atoms with Crippen LogP contribution in [-0.2, 0) is 30.8 Å². The van der Waals surface area contributed by atoms with Gasteiger partial charge in [-0.3, -0.25) is 19.8 Å². The van der Waals surface area contributed by atoms with Gasteiger partial charge >= 0.3 is 5.97 Å². The van der Waals surface area contributed by atoms with E-state index in [4.69, 9.17) is 15.9 Å². The first-order valence-corrected chi connectivity index (χ1v) is 12.8. The molecule has 0 saturated heterocycles. The van der Waals surface area contributed by atoms with Crippen LogP contribution in [-0.4, -0.2) is 51.2 Å². The van der Waals surface area contributed by atoms with Crippen molar-refractivity contribution in [3.8, 4) is 0 Å². The molecule has 0 fully saturated rings. The molecule has 0 heterocycles. The molecule has 0 saturated carbocycles. The number of rotatable bonds is 12. The second-order valence-corrected chi connectivity index (χ2v) is 9.46. The van der Waals surface area contributed by atoms with Crippen molar-refractivity contribution < 1.29 is 27.5 Å². The molecule has 0 aliphatic carbocycles. The standard InChI is InChI=1S/C24H31N5O6S/c1-4-18-19(7-6-8-20(18)36(33,34)29-15(3)24(32)35-5-2)28-21(30)13-14-27-23(31)17-11-9-16(10-12-17)22(25)26/h6-12,15,29H,4-5,13-14H2,1-3H3,(H3,25,26)(H,27,31)(H,28,30)/t15-/m0/s1. The highest BCUT2D eigenvalue weighted by Gasteiger charge is 2.26. The normalized spacial score (nSPS) is 11.9. The summed E-state index contributed by atoms with van der Waals surface area (Å²) in [6, 6.07) is 9.56. The topological polar surface area (TPSA) is 181 Å². The fourth-order valence-electron chi connectivity index (χ4n) is 3.32. The third-order valence-electron chi connectivity index (χ3n) is 5.12. The molecular formula is C24H31N5O6S. The Morgan fingerprint density at radius 1 is 1.06 bits per heavy atom. The van der Waals surface area contributed by atoms with E-state index < -0.39 is 27.9 Å². The second kappa shape index (κ2) is 12.8. The molecule has 2 rings (SSSR count). The van der Waals surface area contributed by atoms with Gasteiger partial charge in [0.05, 0.1) is 11.5 Å². The first-order valence-electron chi connectivity index (χ1n) is 11.3. The molecule has 36 heavy (non-hydrogen) atoms. The summed E-state index contributed by atoms with van der Waals surface area (Å²) in [6.45, 7) is 4.93. The third kappa shape index (κ3) is 7.62. The number of esters is 1. The summed E-state index contributed by atoms with van der Waals surface area (Å²) in [4.78, 5) is 36.6. The van der Waals surface area contributed by atoms with Crippen molar-refractivity contribution in [3.05, 3.63) is 59.2 Å². The molecule has 0 radical (unpaired) electrons. The van der Waals surface area contributed by atoms with Crippen LogP contribution in [0.3, 0.4) is 0 Å². The zero-order valence-corrected chi connectivity index (χ0v) is 21.2. The lowest BCUT2D eigenvalue weighted by Gasteiger charge is -2.17. The van der Waals surface area contributed by atoms with Crippen LogP contribution < -0.4 is 21.1 Å². The van der Waals surface area contributed by atoms with E-state index in [-0.39, 0.29) is 36.2 Å². The van der Waals surface area contributed by atoms with E-state index in [2.05, 4.69) is 15.4 Å². The van der Waals surface area contributed by atoms with Gasteiger partial charge in [0.15, 0.2) is 0 Å². The van der Waals surface area contributed by atoms with Gasteiger partial charge in [-0.05, 0) is 50.1 Å². The van der Waals surface area contributed by atoms with Gasteiger partial charge in [-0.25, -0.2) is 8.42 Å². The number of nitrogens with two attached hydrogens (primary N) is 1. The summed E-state index contributed by atoms with van der Waals surface area (Å²) < 4.78 is 33.0. The SMILES string of the molecule is CCOC(=O)[C@H](C)NS(=O)(=O)c1cccc(NC(=O)CCNC(=O)c2ccc(C(=N)N)cc2)c1CC. The number of carbonyl (C=O) groups excluding carboxylic acids is 3. The first kappa shape index (κ1) is 28.5. The van der Waals surface area contributed by atoms with Gasteiger partial charge in [0, 0.05) is 29.8 Å². The number of carbonyl (C=O) groups is 3. The minimum atomic E-state index is -4.07. The van der Waals surface area contributed by atoms with Crippen LogP contribution in [0.4, 0.5) is 5.69 Å². The summed E-state index contributed by atoms with van der Waals surface area (Å²) in [7, 11) is -4.07. The first-order chi connectivity index (χ1) is 17.0. The number of nitrogen functional groups attached to an aromatic ring is 1. The molecule has 194 valence electrons. The molecule has 2 aromatic rings. The lowest BCUT2D eigenvalue weighted by molar-refractivity contribution is -0.144. The van der Waals surface area contributed by atoms with Crippen LogP contribution in [0.25, 0.3) is 0 Å². The Labute approximate surface area is 210 Å². The Bertz CT molecular complexity index is 1230. The average molecular weight is 518 g/mol. The molecule has 2 aromatic carbocycles. The lowest BCUT2D eigenvalue weighted by atomic mass is 10.1. The van der Waals surface area contributed by atoms with E-state index in [9.17, 15) is 22.8 Å². The van der Waals surface area contributed by atoms with Gasteiger partial charge in [-0.1, -0.05) is 25.1 Å². The van der Waals surface area contributed by atoms with E-state index in [1.54, 1.807) is 32.0 Å². The summed E-state index contributed by atoms with van der Waals surface area (Å²) in [5.74, 6) is -1.60. The van der Waals surface area contributed by atoms with E-state index in [1.807, 2.05) is 0 Å². The number of ether oxygens (including phenoxy) is 1. The van der Waals surface area contributed by atoms with Crippen LogP contribution in [0.2, 0.25) is 0 Å². The Balaban J connectivity index is 2.03. The van der Waals surface area contributed by atoms with Gasteiger partial charge in [0.2, 0.25) is 15.9 Å². The average Bonchev–Trinajstić information content (AvgIpc) is 2.83. The number of amidine groups is 1. The van der Waals surface area contributed by atoms with Crippen molar-refractivity contribution in [1.82, 2.24) is 10.0 Å². The number of anilines is 1. The largest absolute Gasteiger partial charge is 0.465 e. The summed E-state index contributed by atoms with van der Waals surface area (Å²) in [5.41, 5.74) is 6.95. The van der Waals surface area contributed by atoms with Crippen LogP contribution >= 0.6 is 0 Å². The maximum absolute atomic E-state index is 12.9. The Hall–Kier alpha value is -3.77. The van der Waals surface area contributed by atoms with Crippen LogP contribution in [0, 0.1) is 5.41 Å². The van der Waals surface area contributed by atoms with E-state index in [0.29, 0.717) is 28.8 Å². The van der Waals surface area contributed by atoms with Crippen molar-refractivity contribution in [2.45, 2.75) is 44.6 Å². The van der Waals surface area contributed by atoms with Crippen molar-refractivity contribution in [1.29, 1.82) is 5.41 Å². The molecule has 2 amide bonds. The number of hydrogen-bond donors (Lipinski definition) is 5. The molecule has 0 aromatic heterocycles. The quantitative estimate of drug-likeness (QED) is 0.161. The zero-order valence-electron chi connectivity index (χ0n) is 20.4. The minimum Gasteiger partial charge on any atom is -0.465 e. The second-order valence-electron chi connectivity index (χ2n) is 7.78. The van der Waals surface area contributed by atoms with Crippen molar-refractivity contribution >= 4 is 39.3 Å². The molecule has 0 aliphatic heterocycles. The molecule has 11 nitrogen and oxygen atoms in total. The highest BCUT2D eigenvalue weighted by atomic mass is 32.2. The molecule has 0 unspecified atom stereocenters. The number of nitrogens with one attached hydrogen (secondary N) is 4. The van der Waals surface area contributed by atoms with Crippen molar-refractivity contribution in [2.75, 3.05) is 18.5 Å².